The van der Waals surface area contributed by atoms with Crippen molar-refractivity contribution in [3.05, 3.63) is 117 Å². The van der Waals surface area contributed by atoms with Gasteiger partial charge in [0.15, 0.2) is 5.65 Å². The number of amides is 1. The molecule has 1 saturated carbocycles. The Bertz CT molecular complexity index is 2930. The van der Waals surface area contributed by atoms with Crippen molar-refractivity contribution in [3.8, 4) is 11.8 Å². The standard InChI is InChI=1S/C47H51ClN10O5S/c1-46(2)16-14-33(38(25-46)31-4-6-34(48)7-5-31)27-50-20-21-51-35-8-10-37(41(23-35)57-42-22-32-15-19-52-44(32)55-40(42)28-54-57)45(59)56-64(62,63)36-9-11-39(43(24-36)58(60)61)53-26-30-12-17-47(3,29-49)18-13-30/h4-11,15,19,22-24,28,30,50-51,53-54H,12-14,16-18,20-21,25-27H2,1-3H3,(H,56,59). The number of rotatable bonds is 15. The first-order valence-corrected chi connectivity index (χ1v) is 23.3. The molecule has 1 fully saturated rings. The summed E-state index contributed by atoms with van der Waals surface area (Å²) in [5, 5.41) is 36.5. The van der Waals surface area contributed by atoms with Crippen LogP contribution in [0.25, 0.3) is 33.3 Å². The summed E-state index contributed by atoms with van der Waals surface area (Å²) in [7, 11) is -4.59. The molecule has 64 heavy (non-hydrogen) atoms. The summed E-state index contributed by atoms with van der Waals surface area (Å²) in [4.78, 5) is 34.1. The third-order valence-corrected chi connectivity index (χ3v) is 14.2. The molecule has 6 aromatic rings. The van der Waals surface area contributed by atoms with Gasteiger partial charge in [0.05, 0.1) is 38.1 Å². The lowest BCUT2D eigenvalue weighted by atomic mass is 9.72. The van der Waals surface area contributed by atoms with E-state index in [-0.39, 0.29) is 28.0 Å². The van der Waals surface area contributed by atoms with Crippen LogP contribution in [-0.2, 0) is 10.0 Å². The van der Waals surface area contributed by atoms with Crippen LogP contribution in [0.1, 0.15) is 81.6 Å². The summed E-state index contributed by atoms with van der Waals surface area (Å²) in [5.74, 6) is -0.726. The smallest absolute Gasteiger partial charge is 0.293 e. The number of nitro groups is 1. The first-order valence-electron chi connectivity index (χ1n) is 21.5. The maximum absolute atomic E-state index is 14.1. The Balaban J connectivity index is 1.000. The zero-order chi connectivity index (χ0) is 45.2. The number of anilines is 2. The monoisotopic (exact) mass is 902 g/mol. The number of nitrogens with one attached hydrogen (secondary N) is 5. The van der Waals surface area contributed by atoms with Crippen molar-refractivity contribution in [2.24, 2.45) is 16.7 Å². The highest BCUT2D eigenvalue weighted by Crippen LogP contribution is 2.43. The zero-order valence-electron chi connectivity index (χ0n) is 36.0. The number of pyridine rings is 1. The largest absolute Gasteiger partial charge is 0.384 e. The second-order valence-corrected chi connectivity index (χ2v) is 20.1. The maximum Gasteiger partial charge on any atom is 0.293 e. The van der Waals surface area contributed by atoms with Crippen molar-refractivity contribution in [3.63, 3.8) is 0 Å². The topological polar surface area (TPSA) is 213 Å². The van der Waals surface area contributed by atoms with Gasteiger partial charge in [-0.15, -0.1) is 0 Å². The van der Waals surface area contributed by atoms with E-state index in [1.807, 2.05) is 31.2 Å². The molecule has 2 aliphatic rings. The third kappa shape index (κ3) is 9.76. The van der Waals surface area contributed by atoms with Crippen molar-refractivity contribution in [2.45, 2.75) is 70.6 Å². The molecule has 0 bridgehead atoms. The fourth-order valence-corrected chi connectivity index (χ4v) is 9.87. The molecule has 5 N–H and O–H groups in total. The highest BCUT2D eigenvalue weighted by Gasteiger charge is 2.32. The van der Waals surface area contributed by atoms with E-state index in [9.17, 15) is 28.6 Å². The third-order valence-electron chi connectivity index (χ3n) is 12.7. The normalized spacial score (nSPS) is 18.8. The molecule has 3 heterocycles. The fraction of sp³-hybridized carbons (Fsp3) is 0.362. The molecule has 8 rings (SSSR count). The Morgan fingerprint density at radius 2 is 1.80 bits per heavy atom. The van der Waals surface area contributed by atoms with Crippen LogP contribution < -0.4 is 20.7 Å². The summed E-state index contributed by atoms with van der Waals surface area (Å²) in [6, 6.07) is 22.7. The van der Waals surface area contributed by atoms with Crippen LogP contribution >= 0.6 is 11.6 Å². The Morgan fingerprint density at radius 1 is 1.02 bits per heavy atom. The van der Waals surface area contributed by atoms with Gasteiger partial charge in [0.25, 0.3) is 21.6 Å². The molecule has 0 atom stereocenters. The van der Waals surface area contributed by atoms with Crippen molar-refractivity contribution < 1.29 is 18.1 Å². The Morgan fingerprint density at radius 3 is 2.55 bits per heavy atom. The highest BCUT2D eigenvalue weighted by molar-refractivity contribution is 7.90. The minimum Gasteiger partial charge on any atom is -0.384 e. The van der Waals surface area contributed by atoms with E-state index in [1.165, 1.54) is 28.8 Å². The zero-order valence-corrected chi connectivity index (χ0v) is 37.6. The molecular weight excluding hydrogens is 852 g/mol. The molecule has 0 radical (unpaired) electrons. The van der Waals surface area contributed by atoms with Crippen LogP contribution in [0, 0.1) is 38.2 Å². The molecule has 332 valence electrons. The molecule has 0 saturated heterocycles. The number of aromatic amines is 1. The summed E-state index contributed by atoms with van der Waals surface area (Å²) < 4.78 is 31.4. The van der Waals surface area contributed by atoms with Crippen LogP contribution in [0.5, 0.6) is 0 Å². The molecule has 3 aromatic carbocycles. The van der Waals surface area contributed by atoms with Gasteiger partial charge in [-0.2, -0.15) is 5.26 Å². The Hall–Kier alpha value is -6.28. The molecule has 2 aliphatic carbocycles. The number of halogens is 1. The molecule has 0 aliphatic heterocycles. The van der Waals surface area contributed by atoms with Crippen LogP contribution in [-0.4, -0.2) is 65.2 Å². The highest BCUT2D eigenvalue weighted by atomic mass is 35.5. The number of carbonyl (C=O) groups is 1. The number of H-pyrrole nitrogens is 1. The number of benzene rings is 3. The van der Waals surface area contributed by atoms with E-state index >= 15 is 0 Å². The van der Waals surface area contributed by atoms with Gasteiger partial charge >= 0.3 is 0 Å². The van der Waals surface area contributed by atoms with Gasteiger partial charge in [-0.1, -0.05) is 43.2 Å². The molecule has 3 aromatic heterocycles. The van der Waals surface area contributed by atoms with E-state index in [2.05, 4.69) is 67.8 Å². The lowest BCUT2D eigenvalue weighted by Crippen LogP contribution is -2.31. The molecular formula is C47H51ClN10O5S. The quantitative estimate of drug-likeness (QED) is 0.0372. The van der Waals surface area contributed by atoms with Crippen LogP contribution in [0.2, 0.25) is 5.02 Å². The summed E-state index contributed by atoms with van der Waals surface area (Å²) in [5.41, 5.74) is 6.32. The van der Waals surface area contributed by atoms with E-state index < -0.39 is 31.4 Å². The number of sulfonamides is 1. The van der Waals surface area contributed by atoms with E-state index in [1.54, 1.807) is 35.3 Å². The van der Waals surface area contributed by atoms with Crippen molar-refractivity contribution in [2.75, 3.05) is 36.8 Å². The summed E-state index contributed by atoms with van der Waals surface area (Å²) >= 11 is 6.20. The fourth-order valence-electron chi connectivity index (χ4n) is 8.75. The van der Waals surface area contributed by atoms with Gasteiger partial charge in [-0.05, 0) is 129 Å². The number of nitro benzene ring substituents is 1. The maximum atomic E-state index is 14.1. The van der Waals surface area contributed by atoms with Crippen molar-refractivity contribution in [1.29, 1.82) is 5.26 Å². The Labute approximate surface area is 376 Å². The van der Waals surface area contributed by atoms with E-state index in [0.29, 0.717) is 52.7 Å². The number of fused-ring (bicyclic) bond motifs is 2. The average Bonchev–Trinajstić information content (AvgIpc) is 3.92. The first kappa shape index (κ1) is 44.3. The number of nitriles is 1. The number of allylic oxidation sites excluding steroid dienone is 1. The molecule has 0 spiro atoms. The van der Waals surface area contributed by atoms with Gasteiger partial charge in [0.1, 0.15) is 11.2 Å². The number of carbonyl (C=O) groups excluding carboxylic acids is 1. The van der Waals surface area contributed by atoms with Crippen molar-refractivity contribution >= 4 is 72.2 Å². The molecule has 1 amide bonds. The number of aromatic nitrogens is 4. The van der Waals surface area contributed by atoms with Crippen molar-refractivity contribution in [1.82, 2.24) is 29.8 Å². The van der Waals surface area contributed by atoms with Gasteiger partial charge in [0.2, 0.25) is 0 Å². The summed E-state index contributed by atoms with van der Waals surface area (Å²) in [6.07, 6.45) is 9.50. The Kier molecular flexibility index (Phi) is 12.5. The van der Waals surface area contributed by atoms with Gasteiger partial charge < -0.3 is 16.0 Å². The molecule has 15 nitrogen and oxygen atoms in total. The van der Waals surface area contributed by atoms with Crippen LogP contribution in [0.3, 0.4) is 0 Å². The lowest BCUT2D eigenvalue weighted by molar-refractivity contribution is -0.384. The lowest BCUT2D eigenvalue weighted by Gasteiger charge is -2.34. The minimum atomic E-state index is -4.59. The second kappa shape index (κ2) is 18.1. The molecule has 17 heteroatoms. The number of hydrogen-bond acceptors (Lipinski definition) is 11. The number of hydrogen-bond donors (Lipinski definition) is 5. The van der Waals surface area contributed by atoms with Crippen LogP contribution in [0.15, 0.2) is 95.7 Å². The number of nitrogens with zero attached hydrogens (tertiary/aromatic N) is 5. The van der Waals surface area contributed by atoms with Gasteiger partial charge in [0, 0.05) is 60.7 Å². The van der Waals surface area contributed by atoms with E-state index in [0.717, 1.165) is 62.9 Å². The van der Waals surface area contributed by atoms with Gasteiger partial charge in [-0.3, -0.25) is 24.7 Å². The van der Waals surface area contributed by atoms with Crippen LogP contribution in [0.4, 0.5) is 17.1 Å². The minimum absolute atomic E-state index is 0.0244. The molecule has 0 unspecified atom stereocenters. The predicted octanol–water partition coefficient (Wildman–Crippen LogP) is 9.38. The SMILES string of the molecule is CC1(C)CCC(CNCCNc2ccc(C(=O)NS(=O)(=O)c3ccc(NCC4CCC(C)(C#N)CC4)c([N+](=O)[O-])c3)c(-n3[nH]cc4nc5nccc5cc43)c2)=C(c2ccc(Cl)cc2)C1. The summed E-state index contributed by atoms with van der Waals surface area (Å²) in [6.45, 7) is 8.93. The van der Waals surface area contributed by atoms with E-state index in [4.69, 9.17) is 11.6 Å². The second-order valence-electron chi connectivity index (χ2n) is 18.0. The predicted molar refractivity (Wildman–Crippen MR) is 250 cm³/mol. The van der Waals surface area contributed by atoms with Gasteiger partial charge in [-0.25, -0.2) is 23.1 Å². The average molecular weight is 904 g/mol. The first-order chi connectivity index (χ1) is 30.6.